The molecule has 2 aromatic carbocycles. The molecule has 2 aromatic heterocycles. The number of unbranched alkanes of at least 4 members (excludes halogenated alkanes) is 1. The van der Waals surface area contributed by atoms with Gasteiger partial charge in [0.1, 0.15) is 5.75 Å². The molecule has 0 aliphatic carbocycles. The number of aryl methyl sites for hydroxylation is 1. The second-order valence-electron chi connectivity index (χ2n) is 12.7. The smallest absolute Gasteiger partial charge is 0.227 e. The lowest BCUT2D eigenvalue weighted by molar-refractivity contribution is -0.120. The van der Waals surface area contributed by atoms with Gasteiger partial charge in [-0.1, -0.05) is 53.5 Å². The number of anilines is 2. The molecular weight excluding hydrogens is 564 g/mol. The quantitative estimate of drug-likeness (QED) is 0.171. The van der Waals surface area contributed by atoms with Crippen LogP contribution in [0.15, 0.2) is 36.4 Å². The van der Waals surface area contributed by atoms with E-state index in [1.54, 1.807) is 18.7 Å². The van der Waals surface area contributed by atoms with Crippen LogP contribution in [0.2, 0.25) is 0 Å². The van der Waals surface area contributed by atoms with E-state index in [4.69, 9.17) is 14.6 Å². The number of amides is 1. The predicted octanol–water partition coefficient (Wildman–Crippen LogP) is 6.58. The Morgan fingerprint density at radius 2 is 1.87 bits per heavy atom. The molecule has 4 aromatic rings. The van der Waals surface area contributed by atoms with Gasteiger partial charge in [0.15, 0.2) is 11.5 Å². The normalized spacial score (nSPS) is 13.0. The van der Waals surface area contributed by atoms with Crippen LogP contribution in [0.4, 0.5) is 11.4 Å². The first-order valence-corrected chi connectivity index (χ1v) is 16.2. The number of methoxy groups -OCH3 is 2. The third-order valence-corrected chi connectivity index (χ3v) is 8.39. The van der Waals surface area contributed by atoms with Crippen molar-refractivity contribution < 1.29 is 14.3 Å². The molecule has 0 aliphatic rings. The number of likely N-dealkylation sites (N-methyl/N-ethyl adjacent to an activating group) is 1. The van der Waals surface area contributed by atoms with E-state index in [9.17, 15) is 4.79 Å². The maximum absolute atomic E-state index is 13.1. The highest BCUT2D eigenvalue weighted by Gasteiger charge is 2.26. The first-order chi connectivity index (χ1) is 21.6. The third kappa shape index (κ3) is 7.64. The minimum absolute atomic E-state index is 0.0209. The van der Waals surface area contributed by atoms with E-state index in [0.717, 1.165) is 60.8 Å². The summed E-state index contributed by atoms with van der Waals surface area (Å²) in [6, 6.07) is 12.2. The van der Waals surface area contributed by atoms with Gasteiger partial charge in [-0.05, 0) is 74.2 Å². The number of benzene rings is 2. The third-order valence-electron chi connectivity index (χ3n) is 8.39. The van der Waals surface area contributed by atoms with Crippen molar-refractivity contribution >= 4 is 29.0 Å². The number of aromatic nitrogens is 4. The van der Waals surface area contributed by atoms with Crippen LogP contribution in [0.3, 0.4) is 0 Å². The Balaban J connectivity index is 1.79. The molecule has 242 valence electrons. The molecule has 0 aliphatic heterocycles. The Morgan fingerprint density at radius 3 is 2.49 bits per heavy atom. The molecule has 1 N–H and O–H groups in total. The van der Waals surface area contributed by atoms with Gasteiger partial charge in [-0.15, -0.1) is 10.2 Å². The highest BCUT2D eigenvalue weighted by atomic mass is 16.5. The van der Waals surface area contributed by atoms with Gasteiger partial charge in [-0.3, -0.25) is 4.79 Å². The monoisotopic (exact) mass is 614 g/mol. The van der Waals surface area contributed by atoms with Crippen molar-refractivity contribution in [1.29, 1.82) is 0 Å². The van der Waals surface area contributed by atoms with Crippen molar-refractivity contribution in [3.63, 3.8) is 0 Å². The first kappa shape index (κ1) is 33.9. The average molecular weight is 615 g/mol. The van der Waals surface area contributed by atoms with Crippen molar-refractivity contribution in [3.8, 4) is 17.1 Å². The molecule has 2 heterocycles. The molecule has 9 heteroatoms. The Labute approximate surface area is 268 Å². The van der Waals surface area contributed by atoms with Gasteiger partial charge >= 0.3 is 0 Å². The van der Waals surface area contributed by atoms with Gasteiger partial charge in [-0.2, -0.15) is 9.61 Å². The number of rotatable bonds is 14. The van der Waals surface area contributed by atoms with Gasteiger partial charge in [0.25, 0.3) is 0 Å². The maximum Gasteiger partial charge on any atom is 0.227 e. The second-order valence-corrected chi connectivity index (χ2v) is 12.7. The number of nitrogens with zero attached hydrogens (tertiary/aromatic N) is 5. The summed E-state index contributed by atoms with van der Waals surface area (Å²) in [6.45, 7) is 17.4. The highest BCUT2D eigenvalue weighted by Crippen LogP contribution is 2.32. The molecule has 9 nitrogen and oxygen atoms in total. The predicted molar refractivity (Wildman–Crippen MR) is 183 cm³/mol. The van der Waals surface area contributed by atoms with Crippen molar-refractivity contribution in [1.82, 2.24) is 19.8 Å². The molecule has 0 fully saturated rings. The SMILES string of the molecule is CCCCC(CC)C(=O)Nc1ccc(OC)c(-c2nnc3c(=Cc4ccc(N(CC)CCOC)cc4C)c(C(C)(C)C)nn23)c1. The summed E-state index contributed by atoms with van der Waals surface area (Å²) in [7, 11) is 3.36. The number of nitrogens with one attached hydrogen (secondary N) is 1. The minimum atomic E-state index is -0.246. The van der Waals surface area contributed by atoms with Crippen molar-refractivity contribution in [3.05, 3.63) is 58.4 Å². The van der Waals surface area contributed by atoms with Crippen LogP contribution < -0.4 is 20.2 Å². The molecule has 1 atom stereocenters. The first-order valence-electron chi connectivity index (χ1n) is 16.2. The van der Waals surface area contributed by atoms with Crippen molar-refractivity contribution in [2.45, 2.75) is 79.6 Å². The summed E-state index contributed by atoms with van der Waals surface area (Å²) < 4.78 is 12.9. The minimum Gasteiger partial charge on any atom is -0.496 e. The maximum atomic E-state index is 13.1. The van der Waals surface area contributed by atoms with E-state index >= 15 is 0 Å². The van der Waals surface area contributed by atoms with Gasteiger partial charge < -0.3 is 19.7 Å². The summed E-state index contributed by atoms with van der Waals surface area (Å²) in [5.41, 5.74) is 6.20. The molecule has 0 saturated carbocycles. The Morgan fingerprint density at radius 1 is 1.09 bits per heavy atom. The van der Waals surface area contributed by atoms with E-state index < -0.39 is 0 Å². The molecule has 0 saturated heterocycles. The van der Waals surface area contributed by atoms with Crippen LogP contribution in [0.1, 0.15) is 84.0 Å². The molecule has 0 radical (unpaired) electrons. The molecule has 0 bridgehead atoms. The zero-order valence-corrected chi connectivity index (χ0v) is 28.5. The van der Waals surface area contributed by atoms with E-state index in [2.05, 4.69) is 93.2 Å². The van der Waals surface area contributed by atoms with Crippen LogP contribution in [-0.4, -0.2) is 59.6 Å². The number of ether oxygens (including phenoxy) is 2. The van der Waals surface area contributed by atoms with Gasteiger partial charge in [0.2, 0.25) is 5.91 Å². The highest BCUT2D eigenvalue weighted by molar-refractivity contribution is 5.93. The number of carbonyl (C=O) groups excluding carboxylic acids is 1. The average Bonchev–Trinajstić information content (AvgIpc) is 3.59. The van der Waals surface area contributed by atoms with E-state index in [1.807, 2.05) is 18.2 Å². The van der Waals surface area contributed by atoms with E-state index in [0.29, 0.717) is 35.1 Å². The molecule has 45 heavy (non-hydrogen) atoms. The van der Waals surface area contributed by atoms with Crippen molar-refractivity contribution in [2.24, 2.45) is 5.92 Å². The van der Waals surface area contributed by atoms with Gasteiger partial charge in [0, 0.05) is 48.1 Å². The Bertz CT molecular complexity index is 1660. The van der Waals surface area contributed by atoms with Crippen LogP contribution in [0.5, 0.6) is 5.75 Å². The van der Waals surface area contributed by atoms with Gasteiger partial charge in [0.05, 0.1) is 25.0 Å². The molecule has 0 spiro atoms. The number of carbonyl (C=O) groups is 1. The molecule has 4 rings (SSSR count). The fourth-order valence-corrected chi connectivity index (χ4v) is 5.68. The zero-order chi connectivity index (χ0) is 32.7. The zero-order valence-electron chi connectivity index (χ0n) is 28.5. The summed E-state index contributed by atoms with van der Waals surface area (Å²) in [5, 5.41) is 18.4. The fourth-order valence-electron chi connectivity index (χ4n) is 5.68. The molecule has 1 amide bonds. The topological polar surface area (TPSA) is 93.9 Å². The van der Waals surface area contributed by atoms with Crippen LogP contribution in [0, 0.1) is 12.8 Å². The van der Waals surface area contributed by atoms with E-state index in [1.165, 1.54) is 5.69 Å². The fraction of sp³-hybridized carbons (Fsp3) is 0.500. The summed E-state index contributed by atoms with van der Waals surface area (Å²) >= 11 is 0. The second kappa shape index (κ2) is 14.9. The lowest BCUT2D eigenvalue weighted by Gasteiger charge is -2.23. The molecule has 1 unspecified atom stereocenters. The standard InChI is InChI=1S/C36H50N6O3/c1-10-13-14-25(11-2)35(43)37-27-16-18-31(45-9)29(23-27)33-38-39-34-30(32(36(5,6)7)40-42(33)34)22-26-15-17-28(21-24(26)4)41(12-3)19-20-44-8/h15-18,21-23,25H,10-14,19-20H2,1-9H3,(H,37,43). The van der Waals surface area contributed by atoms with Crippen LogP contribution in [0.25, 0.3) is 23.1 Å². The van der Waals surface area contributed by atoms with E-state index in [-0.39, 0.29) is 17.2 Å². The number of fused-ring (bicyclic) bond motifs is 1. The number of hydrogen-bond donors (Lipinski definition) is 1. The van der Waals surface area contributed by atoms with Crippen molar-refractivity contribution in [2.75, 3.05) is 44.1 Å². The summed E-state index contributed by atoms with van der Waals surface area (Å²) in [6.07, 6.45) is 5.95. The van der Waals surface area contributed by atoms with Crippen LogP contribution in [-0.2, 0) is 14.9 Å². The lowest BCUT2D eigenvalue weighted by Crippen LogP contribution is -2.26. The largest absolute Gasteiger partial charge is 0.496 e. The summed E-state index contributed by atoms with van der Waals surface area (Å²) in [4.78, 5) is 15.4. The molecular formula is C36H50N6O3. The van der Waals surface area contributed by atoms with Crippen LogP contribution >= 0.6 is 0 Å². The van der Waals surface area contributed by atoms with Gasteiger partial charge in [-0.25, -0.2) is 0 Å². The Hall–Kier alpha value is -3.98. The Kier molecular flexibility index (Phi) is 11.2. The number of hydrogen-bond acceptors (Lipinski definition) is 7. The summed E-state index contributed by atoms with van der Waals surface area (Å²) in [5.74, 6) is 1.21. The lowest BCUT2D eigenvalue weighted by atomic mass is 9.90.